The van der Waals surface area contributed by atoms with Crippen molar-refractivity contribution in [2.45, 2.75) is 65.4 Å². The van der Waals surface area contributed by atoms with E-state index in [0.29, 0.717) is 36.6 Å². The van der Waals surface area contributed by atoms with Crippen LogP contribution in [0.2, 0.25) is 0 Å². The molecule has 0 heterocycles. The molecule has 1 rings (SSSR count). The first-order valence-corrected chi connectivity index (χ1v) is 9.13. The van der Waals surface area contributed by atoms with Gasteiger partial charge in [-0.05, 0) is 44.9 Å². The number of hydrogen-bond acceptors (Lipinski definition) is 4. The number of amides is 1. The van der Waals surface area contributed by atoms with Crippen LogP contribution >= 0.6 is 0 Å². The summed E-state index contributed by atoms with van der Waals surface area (Å²) in [4.78, 5) is 12.8. The molecule has 0 aliphatic rings. The van der Waals surface area contributed by atoms with Gasteiger partial charge in [0, 0.05) is 12.3 Å². The Hall–Kier alpha value is -2.06. The number of anilines is 1. The third-order valence-electron chi connectivity index (χ3n) is 4.02. The third-order valence-corrected chi connectivity index (χ3v) is 4.02. The van der Waals surface area contributed by atoms with Crippen LogP contribution in [0.15, 0.2) is 18.2 Å². The van der Waals surface area contributed by atoms with Crippen LogP contribution in [-0.4, -0.2) is 24.7 Å². The number of hydrogen-bond donors (Lipinski definition) is 1. The zero-order chi connectivity index (χ0) is 18.7. The molecule has 0 fully saturated rings. The van der Waals surface area contributed by atoms with E-state index in [1.165, 1.54) is 0 Å². The fourth-order valence-electron chi connectivity index (χ4n) is 2.53. The smallest absolute Gasteiger partial charge is 0.256 e. The van der Waals surface area contributed by atoms with Crippen molar-refractivity contribution in [3.05, 3.63) is 23.8 Å². The van der Waals surface area contributed by atoms with E-state index in [9.17, 15) is 10.1 Å². The molecule has 1 unspecified atom stereocenters. The second-order valence-corrected chi connectivity index (χ2v) is 6.25. The fraction of sp³-hybridized carbons (Fsp3) is 0.600. The Kier molecular flexibility index (Phi) is 9.01. The Morgan fingerprint density at radius 2 is 2.00 bits per heavy atom. The molecule has 1 aromatic carbocycles. The lowest BCUT2D eigenvalue weighted by Gasteiger charge is -2.29. The Bertz CT molecular complexity index is 595. The number of benzene rings is 1. The molecule has 0 aliphatic carbocycles. The molecule has 0 aliphatic heterocycles. The highest BCUT2D eigenvalue weighted by Crippen LogP contribution is 2.25. The first kappa shape index (κ1) is 21.0. The summed E-state index contributed by atoms with van der Waals surface area (Å²) in [5.41, 5.74) is 0.116. The van der Waals surface area contributed by atoms with Gasteiger partial charge in [-0.2, -0.15) is 5.26 Å². The molecule has 0 saturated carbocycles. The zero-order valence-electron chi connectivity index (χ0n) is 15.9. The molecule has 0 radical (unpaired) electrons. The van der Waals surface area contributed by atoms with E-state index < -0.39 is 5.60 Å². The largest absolute Gasteiger partial charge is 0.492 e. The molecule has 5 nitrogen and oxygen atoms in total. The Labute approximate surface area is 151 Å². The summed E-state index contributed by atoms with van der Waals surface area (Å²) in [5.74, 6) is 0.348. The van der Waals surface area contributed by atoms with Crippen molar-refractivity contribution in [2.24, 2.45) is 0 Å². The number of nitrogens with one attached hydrogen (secondary N) is 1. The molecular formula is C20H30N2O3. The molecule has 138 valence electrons. The lowest BCUT2D eigenvalue weighted by atomic mass is 9.96. The fourth-order valence-corrected chi connectivity index (χ4v) is 2.53. The number of carbonyl (C=O) groups is 1. The minimum atomic E-state index is -0.865. The van der Waals surface area contributed by atoms with Gasteiger partial charge in [-0.1, -0.05) is 33.1 Å². The first-order chi connectivity index (χ1) is 12.0. The van der Waals surface area contributed by atoms with Gasteiger partial charge in [0.15, 0.2) is 0 Å². The van der Waals surface area contributed by atoms with Crippen molar-refractivity contribution >= 4 is 11.6 Å². The van der Waals surface area contributed by atoms with Gasteiger partial charge >= 0.3 is 0 Å². The van der Waals surface area contributed by atoms with Crippen molar-refractivity contribution in [3.63, 3.8) is 0 Å². The SMILES string of the molecule is CCCCCC(C)(OCCC)C(=O)Nc1ccc(OCC)c(C#N)c1. The number of nitriles is 1. The minimum Gasteiger partial charge on any atom is -0.492 e. The summed E-state index contributed by atoms with van der Waals surface area (Å²) < 4.78 is 11.3. The standard InChI is InChI=1S/C20H30N2O3/c1-5-8-9-12-20(4,25-13-6-2)19(23)22-17-10-11-18(24-7-3)16(14-17)15-21/h10-11,14H,5-9,12-13H2,1-4H3,(H,22,23). The normalized spacial score (nSPS) is 12.9. The summed E-state index contributed by atoms with van der Waals surface area (Å²) >= 11 is 0. The Morgan fingerprint density at radius 1 is 1.24 bits per heavy atom. The summed E-state index contributed by atoms with van der Waals surface area (Å²) in [6.07, 6.45) is 4.64. The summed E-state index contributed by atoms with van der Waals surface area (Å²) in [5, 5.41) is 12.1. The van der Waals surface area contributed by atoms with E-state index in [1.807, 2.05) is 20.8 Å². The molecule has 1 N–H and O–H groups in total. The molecular weight excluding hydrogens is 316 g/mol. The minimum absolute atomic E-state index is 0.176. The van der Waals surface area contributed by atoms with E-state index in [1.54, 1.807) is 18.2 Å². The van der Waals surface area contributed by atoms with Gasteiger partial charge < -0.3 is 14.8 Å². The van der Waals surface area contributed by atoms with Crippen LogP contribution in [0.3, 0.4) is 0 Å². The number of nitrogens with zero attached hydrogens (tertiary/aromatic N) is 1. The molecule has 0 bridgehead atoms. The molecule has 1 atom stereocenters. The van der Waals surface area contributed by atoms with Gasteiger partial charge in [-0.3, -0.25) is 4.79 Å². The highest BCUT2D eigenvalue weighted by Gasteiger charge is 2.33. The summed E-state index contributed by atoms with van der Waals surface area (Å²) in [6.45, 7) is 8.89. The first-order valence-electron chi connectivity index (χ1n) is 9.13. The van der Waals surface area contributed by atoms with Crippen molar-refractivity contribution in [2.75, 3.05) is 18.5 Å². The van der Waals surface area contributed by atoms with E-state index in [2.05, 4.69) is 18.3 Å². The molecule has 1 aromatic rings. The van der Waals surface area contributed by atoms with E-state index in [4.69, 9.17) is 9.47 Å². The number of unbranched alkanes of at least 4 members (excludes halogenated alkanes) is 2. The van der Waals surface area contributed by atoms with Gasteiger partial charge in [-0.15, -0.1) is 0 Å². The van der Waals surface area contributed by atoms with Gasteiger partial charge in [0.25, 0.3) is 5.91 Å². The van der Waals surface area contributed by atoms with Gasteiger partial charge in [0.1, 0.15) is 17.4 Å². The quantitative estimate of drug-likeness (QED) is 0.591. The maximum Gasteiger partial charge on any atom is 0.256 e. The molecule has 0 spiro atoms. The van der Waals surface area contributed by atoms with E-state index in [0.717, 1.165) is 25.7 Å². The van der Waals surface area contributed by atoms with Crippen molar-refractivity contribution in [1.82, 2.24) is 0 Å². The monoisotopic (exact) mass is 346 g/mol. The van der Waals surface area contributed by atoms with Crippen LogP contribution in [-0.2, 0) is 9.53 Å². The summed E-state index contributed by atoms with van der Waals surface area (Å²) in [6, 6.07) is 7.19. The maximum atomic E-state index is 12.8. The Morgan fingerprint density at radius 3 is 2.60 bits per heavy atom. The molecule has 0 saturated heterocycles. The van der Waals surface area contributed by atoms with Gasteiger partial charge in [0.05, 0.1) is 12.2 Å². The van der Waals surface area contributed by atoms with Crippen LogP contribution in [0.5, 0.6) is 5.75 Å². The van der Waals surface area contributed by atoms with Crippen LogP contribution < -0.4 is 10.1 Å². The maximum absolute atomic E-state index is 12.8. The third kappa shape index (κ3) is 6.39. The predicted molar refractivity (Wildman–Crippen MR) is 99.7 cm³/mol. The van der Waals surface area contributed by atoms with Crippen LogP contribution in [0, 0.1) is 11.3 Å². The van der Waals surface area contributed by atoms with Crippen molar-refractivity contribution in [3.8, 4) is 11.8 Å². The van der Waals surface area contributed by atoms with Gasteiger partial charge in [0.2, 0.25) is 0 Å². The second kappa shape index (κ2) is 10.7. The lowest BCUT2D eigenvalue weighted by molar-refractivity contribution is -0.140. The zero-order valence-corrected chi connectivity index (χ0v) is 15.9. The van der Waals surface area contributed by atoms with E-state index >= 15 is 0 Å². The lowest BCUT2D eigenvalue weighted by Crippen LogP contribution is -2.43. The van der Waals surface area contributed by atoms with Crippen LogP contribution in [0.1, 0.15) is 65.4 Å². The average Bonchev–Trinajstić information content (AvgIpc) is 2.61. The highest BCUT2D eigenvalue weighted by molar-refractivity contribution is 5.97. The number of ether oxygens (including phenoxy) is 2. The number of carbonyl (C=O) groups excluding carboxylic acids is 1. The van der Waals surface area contributed by atoms with Crippen molar-refractivity contribution < 1.29 is 14.3 Å². The van der Waals surface area contributed by atoms with Crippen LogP contribution in [0.25, 0.3) is 0 Å². The highest BCUT2D eigenvalue weighted by atomic mass is 16.5. The molecule has 25 heavy (non-hydrogen) atoms. The van der Waals surface area contributed by atoms with Crippen molar-refractivity contribution in [1.29, 1.82) is 5.26 Å². The average molecular weight is 346 g/mol. The molecule has 5 heteroatoms. The molecule has 1 amide bonds. The second-order valence-electron chi connectivity index (χ2n) is 6.25. The Balaban J connectivity index is 2.89. The summed E-state index contributed by atoms with van der Waals surface area (Å²) in [7, 11) is 0. The van der Waals surface area contributed by atoms with E-state index in [-0.39, 0.29) is 5.91 Å². The number of rotatable bonds is 11. The molecule has 0 aromatic heterocycles. The van der Waals surface area contributed by atoms with Crippen LogP contribution in [0.4, 0.5) is 5.69 Å². The van der Waals surface area contributed by atoms with Gasteiger partial charge in [-0.25, -0.2) is 0 Å². The predicted octanol–water partition coefficient (Wildman–Crippen LogP) is 4.66. The topological polar surface area (TPSA) is 71.3 Å².